The van der Waals surface area contributed by atoms with Gasteiger partial charge < -0.3 is 10.1 Å². The van der Waals surface area contributed by atoms with E-state index in [0.29, 0.717) is 12.8 Å². The van der Waals surface area contributed by atoms with E-state index < -0.39 is 29.7 Å². The Morgan fingerprint density at radius 3 is 2.64 bits per heavy atom. The normalized spacial score (nSPS) is 18.6. The van der Waals surface area contributed by atoms with Crippen LogP contribution < -0.4 is 10.8 Å². The van der Waals surface area contributed by atoms with E-state index in [9.17, 15) is 19.2 Å². The first-order chi connectivity index (χ1) is 13.4. The van der Waals surface area contributed by atoms with Crippen LogP contribution >= 0.6 is 0 Å². The van der Waals surface area contributed by atoms with Crippen molar-refractivity contribution in [2.75, 3.05) is 6.61 Å². The van der Waals surface area contributed by atoms with Gasteiger partial charge in [-0.1, -0.05) is 44.2 Å². The Labute approximate surface area is 163 Å². The van der Waals surface area contributed by atoms with Crippen LogP contribution in [-0.4, -0.2) is 36.2 Å². The molecule has 1 fully saturated rings. The van der Waals surface area contributed by atoms with E-state index in [2.05, 4.69) is 10.8 Å². The van der Waals surface area contributed by atoms with Crippen molar-refractivity contribution in [2.24, 2.45) is 11.8 Å². The van der Waals surface area contributed by atoms with E-state index >= 15 is 0 Å². The molecule has 2 N–H and O–H groups in total. The summed E-state index contributed by atoms with van der Waals surface area (Å²) in [5.74, 6) is -2.76. The molecule has 0 aliphatic carbocycles. The third kappa shape index (κ3) is 6.45. The predicted octanol–water partition coefficient (Wildman–Crippen LogP) is 1.92. The number of hydrogen-bond acceptors (Lipinski definition) is 6. The lowest BCUT2D eigenvalue weighted by atomic mass is 9.87. The summed E-state index contributed by atoms with van der Waals surface area (Å²) >= 11 is 0. The first kappa shape index (κ1) is 21.6. The molecule has 0 radical (unpaired) electrons. The van der Waals surface area contributed by atoms with Gasteiger partial charge in [0.25, 0.3) is 0 Å². The molecule has 1 aliphatic heterocycles. The maximum absolute atomic E-state index is 12.7. The second kappa shape index (κ2) is 10.6. The average molecular weight is 390 g/mol. The van der Waals surface area contributed by atoms with Crippen molar-refractivity contribution >= 4 is 23.6 Å². The molecule has 0 saturated carbocycles. The molecular weight excluding hydrogens is 364 g/mol. The van der Waals surface area contributed by atoms with Crippen molar-refractivity contribution < 1.29 is 28.8 Å². The monoisotopic (exact) mass is 390 g/mol. The first-order valence-corrected chi connectivity index (χ1v) is 9.34. The summed E-state index contributed by atoms with van der Waals surface area (Å²) in [5.41, 5.74) is 2.90. The standard InChI is InChI=1S/C20H26N2O6/c1-13(2)17(21-20(26)27-12-14-7-4-3-5-8-14)16(23)11-15-9-6-10-28-22-19(25)18(15)24/h3-5,7-8,13,15,17H,6,9-12H2,1-2H3,(H,21,26)(H,22,25). The number of amides is 2. The predicted molar refractivity (Wildman–Crippen MR) is 99.8 cm³/mol. The number of ether oxygens (including phenoxy) is 1. The van der Waals surface area contributed by atoms with Gasteiger partial charge in [0.05, 0.1) is 12.6 Å². The summed E-state index contributed by atoms with van der Waals surface area (Å²) in [5, 5.41) is 2.58. The summed E-state index contributed by atoms with van der Waals surface area (Å²) in [7, 11) is 0. The Morgan fingerprint density at radius 2 is 1.96 bits per heavy atom. The van der Waals surface area contributed by atoms with Crippen LogP contribution in [0.25, 0.3) is 0 Å². The number of carbonyl (C=O) groups excluding carboxylic acids is 4. The fourth-order valence-electron chi connectivity index (χ4n) is 2.96. The Kier molecular flexibility index (Phi) is 8.13. The molecule has 1 aliphatic rings. The zero-order valence-electron chi connectivity index (χ0n) is 16.1. The lowest BCUT2D eigenvalue weighted by Crippen LogP contribution is -2.46. The Morgan fingerprint density at radius 1 is 1.25 bits per heavy atom. The molecule has 2 amide bonds. The lowest BCUT2D eigenvalue weighted by molar-refractivity contribution is -0.150. The maximum Gasteiger partial charge on any atom is 0.408 e. The Bertz CT molecular complexity index is 704. The van der Waals surface area contributed by atoms with Gasteiger partial charge in [0.15, 0.2) is 5.78 Å². The number of carbonyl (C=O) groups is 4. The van der Waals surface area contributed by atoms with Gasteiger partial charge in [0.1, 0.15) is 6.61 Å². The Hall–Kier alpha value is -2.74. The van der Waals surface area contributed by atoms with Crippen molar-refractivity contribution in [2.45, 2.75) is 45.8 Å². The van der Waals surface area contributed by atoms with E-state index in [0.717, 1.165) is 5.56 Å². The minimum Gasteiger partial charge on any atom is -0.445 e. The molecule has 1 heterocycles. The third-order valence-electron chi connectivity index (χ3n) is 4.51. The molecule has 8 heteroatoms. The SMILES string of the molecule is CC(C)C(NC(=O)OCc1ccccc1)C(=O)CC1CCCONC(=O)C1=O. The van der Waals surface area contributed by atoms with Gasteiger partial charge in [0.2, 0.25) is 5.78 Å². The van der Waals surface area contributed by atoms with Crippen LogP contribution in [0.2, 0.25) is 0 Å². The minimum absolute atomic E-state index is 0.0902. The quantitative estimate of drug-likeness (QED) is 0.688. The highest BCUT2D eigenvalue weighted by Crippen LogP contribution is 2.18. The third-order valence-corrected chi connectivity index (χ3v) is 4.51. The molecule has 2 atom stereocenters. The molecule has 2 rings (SSSR count). The van der Waals surface area contributed by atoms with Gasteiger partial charge in [-0.2, -0.15) is 0 Å². The number of nitrogens with one attached hydrogen (secondary N) is 2. The van der Waals surface area contributed by atoms with E-state index in [-0.39, 0.29) is 31.3 Å². The lowest BCUT2D eigenvalue weighted by Gasteiger charge is -2.24. The second-order valence-corrected chi connectivity index (χ2v) is 7.08. The molecule has 1 aromatic rings. The zero-order chi connectivity index (χ0) is 20.5. The summed E-state index contributed by atoms with van der Waals surface area (Å²) < 4.78 is 5.17. The van der Waals surface area contributed by atoms with Crippen molar-refractivity contribution in [3.8, 4) is 0 Å². The maximum atomic E-state index is 12.7. The summed E-state index contributed by atoms with van der Waals surface area (Å²) in [6.45, 7) is 3.95. The van der Waals surface area contributed by atoms with Crippen molar-refractivity contribution in [3.05, 3.63) is 35.9 Å². The summed E-state index contributed by atoms with van der Waals surface area (Å²) in [6.07, 6.45) is 0.101. The van der Waals surface area contributed by atoms with Crippen molar-refractivity contribution in [1.29, 1.82) is 0 Å². The van der Waals surface area contributed by atoms with Crippen molar-refractivity contribution in [3.63, 3.8) is 0 Å². The van der Waals surface area contributed by atoms with Gasteiger partial charge in [-0.15, -0.1) is 0 Å². The molecule has 0 aromatic heterocycles. The van der Waals surface area contributed by atoms with Crippen LogP contribution in [0.4, 0.5) is 4.79 Å². The van der Waals surface area contributed by atoms with E-state index in [1.807, 2.05) is 30.3 Å². The smallest absolute Gasteiger partial charge is 0.408 e. The van der Waals surface area contributed by atoms with Gasteiger partial charge in [0, 0.05) is 12.3 Å². The van der Waals surface area contributed by atoms with Crippen LogP contribution in [-0.2, 0) is 30.6 Å². The van der Waals surface area contributed by atoms with Gasteiger partial charge in [-0.05, 0) is 24.3 Å². The largest absolute Gasteiger partial charge is 0.445 e. The highest BCUT2D eigenvalue weighted by Gasteiger charge is 2.33. The fraction of sp³-hybridized carbons (Fsp3) is 0.500. The molecule has 0 bridgehead atoms. The minimum atomic E-state index is -0.853. The van der Waals surface area contributed by atoms with Crippen LogP contribution in [0, 0.1) is 11.8 Å². The van der Waals surface area contributed by atoms with Crippen LogP contribution in [0.3, 0.4) is 0 Å². The average Bonchev–Trinajstić information content (AvgIpc) is 2.68. The summed E-state index contributed by atoms with van der Waals surface area (Å²) in [4.78, 5) is 53.5. The number of hydroxylamine groups is 1. The molecule has 28 heavy (non-hydrogen) atoms. The highest BCUT2D eigenvalue weighted by molar-refractivity contribution is 6.37. The number of hydrogen-bond donors (Lipinski definition) is 2. The zero-order valence-corrected chi connectivity index (χ0v) is 16.1. The first-order valence-electron chi connectivity index (χ1n) is 9.34. The molecule has 1 saturated heterocycles. The van der Waals surface area contributed by atoms with Crippen LogP contribution in [0.5, 0.6) is 0 Å². The van der Waals surface area contributed by atoms with Gasteiger partial charge >= 0.3 is 12.0 Å². The summed E-state index contributed by atoms with van der Waals surface area (Å²) in [6, 6.07) is 8.39. The fourth-order valence-corrected chi connectivity index (χ4v) is 2.96. The Balaban J connectivity index is 1.93. The molecule has 1 aromatic carbocycles. The highest BCUT2D eigenvalue weighted by atomic mass is 16.7. The van der Waals surface area contributed by atoms with Gasteiger partial charge in [-0.25, -0.2) is 10.3 Å². The number of alkyl carbamates (subject to hydrolysis) is 1. The molecule has 8 nitrogen and oxygen atoms in total. The van der Waals surface area contributed by atoms with E-state index in [1.54, 1.807) is 13.8 Å². The number of benzene rings is 1. The van der Waals surface area contributed by atoms with Crippen LogP contribution in [0.15, 0.2) is 30.3 Å². The van der Waals surface area contributed by atoms with Crippen LogP contribution in [0.1, 0.15) is 38.7 Å². The van der Waals surface area contributed by atoms with Crippen molar-refractivity contribution in [1.82, 2.24) is 10.8 Å². The number of ketones is 2. The topological polar surface area (TPSA) is 111 Å². The molecule has 0 spiro atoms. The molecule has 152 valence electrons. The second-order valence-electron chi connectivity index (χ2n) is 7.08. The molecular formula is C20H26N2O6. The number of Topliss-reactive ketones (excluding diaryl/α,β-unsaturated/α-hetero) is 2. The number of rotatable bonds is 7. The van der Waals surface area contributed by atoms with E-state index in [4.69, 9.17) is 9.57 Å². The molecule has 2 unspecified atom stereocenters. The van der Waals surface area contributed by atoms with Gasteiger partial charge in [-0.3, -0.25) is 19.2 Å². The van der Waals surface area contributed by atoms with E-state index in [1.165, 1.54) is 0 Å².